The van der Waals surface area contributed by atoms with Gasteiger partial charge in [-0.2, -0.15) is 0 Å². The summed E-state index contributed by atoms with van der Waals surface area (Å²) in [5.41, 5.74) is 1.38. The van der Waals surface area contributed by atoms with E-state index < -0.39 is 0 Å². The minimum Gasteiger partial charge on any atom is -0.493 e. The fourth-order valence-corrected chi connectivity index (χ4v) is 2.53. The summed E-state index contributed by atoms with van der Waals surface area (Å²) in [5.74, 6) is 3.30. The Hall–Kier alpha value is -3.72. The van der Waals surface area contributed by atoms with E-state index in [1.54, 1.807) is 18.2 Å². The highest BCUT2D eigenvalue weighted by Crippen LogP contribution is 2.41. The molecule has 0 bridgehead atoms. The number of methoxy groups -OCH3 is 2. The van der Waals surface area contributed by atoms with E-state index in [9.17, 15) is 0 Å². The smallest absolute Gasteiger partial charge is 0.430 e. The minimum absolute atomic E-state index is 0.253. The molecule has 0 N–H and O–H groups in total. The molecule has 6 nitrogen and oxygen atoms in total. The van der Waals surface area contributed by atoms with Crippen LogP contribution in [-0.2, 0) is 0 Å². The summed E-state index contributed by atoms with van der Waals surface area (Å²) in [5, 5.41) is 9.05. The van der Waals surface area contributed by atoms with Crippen molar-refractivity contribution in [3.8, 4) is 34.5 Å². The molecular weight excluding hydrogens is 344 g/mol. The summed E-state index contributed by atoms with van der Waals surface area (Å²) in [6.45, 7) is 2.01. The second kappa shape index (κ2) is 8.11. The van der Waals surface area contributed by atoms with E-state index in [-0.39, 0.29) is 5.69 Å². The van der Waals surface area contributed by atoms with Crippen LogP contribution in [0, 0.1) is 12.3 Å². The zero-order valence-electron chi connectivity index (χ0n) is 15.3. The molecule has 0 radical (unpaired) electrons. The largest absolute Gasteiger partial charge is 0.493 e. The van der Waals surface area contributed by atoms with Gasteiger partial charge in [0.25, 0.3) is 0 Å². The molecule has 0 fully saturated rings. The Bertz CT molecular complexity index is 978. The zero-order valence-corrected chi connectivity index (χ0v) is 15.3. The number of rotatable bonds is 6. The first-order valence-electron chi connectivity index (χ1n) is 8.26. The van der Waals surface area contributed by atoms with Gasteiger partial charge in [-0.15, -0.1) is 0 Å². The summed E-state index contributed by atoms with van der Waals surface area (Å²) < 4.78 is 22.2. The Morgan fingerprint density at radius 3 is 1.96 bits per heavy atom. The van der Waals surface area contributed by atoms with Crippen LogP contribution in [0.2, 0.25) is 0 Å². The lowest BCUT2D eigenvalue weighted by Gasteiger charge is -2.11. The summed E-state index contributed by atoms with van der Waals surface area (Å²) in [7, 11) is 2.99. The van der Waals surface area contributed by atoms with Crippen LogP contribution >= 0.6 is 0 Å². The van der Waals surface area contributed by atoms with Gasteiger partial charge in [-0.1, -0.05) is 12.1 Å². The van der Waals surface area contributed by atoms with Crippen LogP contribution in [0.1, 0.15) is 5.56 Å². The third-order valence-electron chi connectivity index (χ3n) is 3.85. The Labute approximate surface area is 157 Å². The van der Waals surface area contributed by atoms with Crippen molar-refractivity contribution >= 4 is 5.69 Å². The van der Waals surface area contributed by atoms with Crippen LogP contribution < -0.4 is 18.9 Å². The highest BCUT2D eigenvalue weighted by molar-refractivity contribution is 5.65. The van der Waals surface area contributed by atoms with Crippen LogP contribution in [0.15, 0.2) is 60.7 Å². The molecule has 136 valence electrons. The fourth-order valence-electron chi connectivity index (χ4n) is 2.53. The monoisotopic (exact) mass is 363 g/mol. The molecule has 0 atom stereocenters. The Kier molecular flexibility index (Phi) is 5.43. The first-order valence-corrected chi connectivity index (χ1v) is 8.26. The predicted octanol–water partition coefficient (Wildman–Crippen LogP) is 6.08. The number of aryl methyl sites for hydroxylation is 1. The molecule has 3 aromatic carbocycles. The second-order valence-electron chi connectivity index (χ2n) is 5.77. The van der Waals surface area contributed by atoms with Gasteiger partial charge >= 0.3 is 5.69 Å². The number of hydrogen-bond donors (Lipinski definition) is 0. The molecule has 0 aliphatic rings. The normalized spacial score (nSPS) is 10.0. The molecule has 0 unspecified atom stereocenters. The van der Waals surface area contributed by atoms with E-state index in [4.69, 9.17) is 24.3 Å². The zero-order chi connectivity index (χ0) is 19.2. The third kappa shape index (κ3) is 4.28. The van der Waals surface area contributed by atoms with Crippen molar-refractivity contribution in [2.75, 3.05) is 14.2 Å². The third-order valence-corrected chi connectivity index (χ3v) is 3.85. The summed E-state index contributed by atoms with van der Waals surface area (Å²) >= 11 is 0. The molecule has 0 saturated carbocycles. The molecule has 0 aromatic heterocycles. The molecule has 6 heteroatoms. The summed E-state index contributed by atoms with van der Waals surface area (Å²) in [6, 6.07) is 18.2. The van der Waals surface area contributed by atoms with Gasteiger partial charge in [0.2, 0.25) is 11.1 Å². The Balaban J connectivity index is 1.79. The van der Waals surface area contributed by atoms with Gasteiger partial charge in [-0.3, -0.25) is 0 Å². The van der Waals surface area contributed by atoms with Crippen LogP contribution in [0.4, 0.5) is 5.69 Å². The van der Waals surface area contributed by atoms with Crippen molar-refractivity contribution in [3.63, 3.8) is 0 Å². The van der Waals surface area contributed by atoms with E-state index in [0.29, 0.717) is 28.7 Å². The Morgan fingerprint density at radius 2 is 1.37 bits per heavy atom. The molecule has 0 amide bonds. The molecule has 27 heavy (non-hydrogen) atoms. The fraction of sp³-hybridized carbons (Fsp3) is 0.143. The first kappa shape index (κ1) is 18.1. The predicted molar refractivity (Wildman–Crippen MR) is 102 cm³/mol. The van der Waals surface area contributed by atoms with Crippen molar-refractivity contribution in [2.24, 2.45) is 0 Å². The van der Waals surface area contributed by atoms with E-state index in [2.05, 4.69) is 4.98 Å². The van der Waals surface area contributed by atoms with Crippen LogP contribution in [0.25, 0.3) is 4.98 Å². The minimum atomic E-state index is 0.253. The van der Waals surface area contributed by atoms with Crippen molar-refractivity contribution in [3.05, 3.63) is 71.2 Å². The maximum Gasteiger partial charge on any atom is 0.430 e. The standard InChI is InChI=1S/C21H19N2O4/c1-14-5-4-6-17(11-14)26-15-7-9-16(10-8-15)27-21-13-19(24-2)18(23-22)12-20(21)25-3/h4-13H,1-3H3/q+1. The number of nitrogens with zero attached hydrogens (tertiary/aromatic N) is 2. The van der Waals surface area contributed by atoms with Crippen molar-refractivity contribution in [1.29, 1.82) is 5.39 Å². The maximum absolute atomic E-state index is 9.05. The highest BCUT2D eigenvalue weighted by atomic mass is 16.5. The van der Waals surface area contributed by atoms with Crippen LogP contribution in [0.3, 0.4) is 0 Å². The Morgan fingerprint density at radius 1 is 0.704 bits per heavy atom. The lowest BCUT2D eigenvalue weighted by atomic mass is 10.2. The van der Waals surface area contributed by atoms with Gasteiger partial charge in [0.1, 0.15) is 17.2 Å². The topological polar surface area (TPSA) is 65.1 Å². The van der Waals surface area contributed by atoms with E-state index in [1.807, 2.05) is 43.3 Å². The lowest BCUT2D eigenvalue weighted by Crippen LogP contribution is -1.92. The number of benzene rings is 3. The van der Waals surface area contributed by atoms with Crippen molar-refractivity contribution in [1.82, 2.24) is 0 Å². The van der Waals surface area contributed by atoms with Crippen molar-refractivity contribution < 1.29 is 18.9 Å². The quantitative estimate of drug-likeness (QED) is 0.496. The average molecular weight is 363 g/mol. The van der Waals surface area contributed by atoms with Crippen LogP contribution in [0.5, 0.6) is 34.5 Å². The molecular formula is C21H19N2O4+. The molecule has 0 aliphatic carbocycles. The van der Waals surface area contributed by atoms with Crippen molar-refractivity contribution in [2.45, 2.75) is 6.92 Å². The van der Waals surface area contributed by atoms with Gasteiger partial charge in [-0.05, 0) is 48.9 Å². The van der Waals surface area contributed by atoms with Crippen LogP contribution in [-0.4, -0.2) is 14.2 Å². The maximum atomic E-state index is 9.05. The van der Waals surface area contributed by atoms with Gasteiger partial charge in [0, 0.05) is 6.07 Å². The van der Waals surface area contributed by atoms with Gasteiger partial charge in [-0.25, -0.2) is 0 Å². The molecule has 0 spiro atoms. The van der Waals surface area contributed by atoms with Gasteiger partial charge in [0.05, 0.1) is 20.3 Å². The van der Waals surface area contributed by atoms with Gasteiger partial charge < -0.3 is 18.9 Å². The highest BCUT2D eigenvalue weighted by Gasteiger charge is 2.21. The molecule has 0 saturated heterocycles. The van der Waals surface area contributed by atoms with Gasteiger partial charge in [0.15, 0.2) is 16.5 Å². The summed E-state index contributed by atoms with van der Waals surface area (Å²) in [4.78, 5) is 3.18. The number of diazo groups is 1. The number of hydrogen-bond acceptors (Lipinski definition) is 5. The molecule has 0 aliphatic heterocycles. The molecule has 0 heterocycles. The van der Waals surface area contributed by atoms with E-state index in [0.717, 1.165) is 11.3 Å². The SMILES string of the molecule is COc1cc(Oc2ccc(Oc3cccc(C)c3)cc2)c(OC)cc1[N+]#N. The lowest BCUT2D eigenvalue weighted by molar-refractivity contribution is 0.372. The average Bonchev–Trinajstić information content (AvgIpc) is 2.69. The first-order chi connectivity index (χ1) is 13.1. The van der Waals surface area contributed by atoms with E-state index >= 15 is 0 Å². The second-order valence-corrected chi connectivity index (χ2v) is 5.77. The molecule has 3 rings (SSSR count). The van der Waals surface area contributed by atoms with E-state index in [1.165, 1.54) is 20.3 Å². The molecule has 3 aromatic rings. The number of ether oxygens (including phenoxy) is 4. The summed E-state index contributed by atoms with van der Waals surface area (Å²) in [6.07, 6.45) is 0.